The minimum atomic E-state index is -0.267. The van der Waals surface area contributed by atoms with Gasteiger partial charge in [0.2, 0.25) is 5.76 Å². The Morgan fingerprint density at radius 3 is 3.06 bits per heavy atom. The first-order chi connectivity index (χ1) is 7.75. The lowest BCUT2D eigenvalue weighted by Crippen LogP contribution is -2.25. The first-order valence-corrected chi connectivity index (χ1v) is 5.13. The van der Waals surface area contributed by atoms with Gasteiger partial charge in [0.25, 0.3) is 5.91 Å². The predicted octanol–water partition coefficient (Wildman–Crippen LogP) is 0.112. The van der Waals surface area contributed by atoms with Gasteiger partial charge in [0, 0.05) is 18.7 Å². The van der Waals surface area contributed by atoms with Crippen LogP contribution >= 0.6 is 0 Å². The topological polar surface area (TPSA) is 84.6 Å². The molecule has 6 heteroatoms. The van der Waals surface area contributed by atoms with Gasteiger partial charge in [0.15, 0.2) is 0 Å². The van der Waals surface area contributed by atoms with Gasteiger partial charge in [0.05, 0.1) is 19.4 Å². The highest BCUT2D eigenvalue weighted by Gasteiger charge is 2.12. The molecular weight excluding hydrogens is 212 g/mol. The number of hydrogen-bond acceptors (Lipinski definition) is 5. The fraction of sp³-hybridized carbons (Fsp3) is 0.600. The van der Waals surface area contributed by atoms with Gasteiger partial charge in [-0.1, -0.05) is 5.16 Å². The van der Waals surface area contributed by atoms with Gasteiger partial charge in [-0.25, -0.2) is 0 Å². The van der Waals surface area contributed by atoms with Crippen LogP contribution in [-0.4, -0.2) is 42.5 Å². The van der Waals surface area contributed by atoms with E-state index in [1.807, 2.05) is 0 Å². The van der Waals surface area contributed by atoms with E-state index in [2.05, 4.69) is 10.5 Å². The Bertz CT molecular complexity index is 324. The Kier molecular flexibility index (Phi) is 5.52. The molecule has 0 radical (unpaired) electrons. The van der Waals surface area contributed by atoms with E-state index in [1.165, 1.54) is 6.20 Å². The SMILES string of the molecule is Cc1cnoc1C(=O)NCCCOCCO. The second kappa shape index (κ2) is 6.97. The summed E-state index contributed by atoms with van der Waals surface area (Å²) in [5, 5.41) is 14.7. The number of carbonyl (C=O) groups is 1. The number of rotatable bonds is 7. The number of carbonyl (C=O) groups excluding carboxylic acids is 1. The zero-order valence-corrected chi connectivity index (χ0v) is 9.23. The number of nitrogens with one attached hydrogen (secondary N) is 1. The number of aromatic nitrogens is 1. The highest BCUT2D eigenvalue weighted by atomic mass is 16.5. The molecule has 0 bridgehead atoms. The lowest BCUT2D eigenvalue weighted by Gasteiger charge is -2.03. The normalized spacial score (nSPS) is 10.4. The molecule has 0 fully saturated rings. The van der Waals surface area contributed by atoms with Crippen molar-refractivity contribution in [3.63, 3.8) is 0 Å². The molecule has 1 heterocycles. The number of aliphatic hydroxyl groups excluding tert-OH is 1. The predicted molar refractivity (Wildman–Crippen MR) is 56.1 cm³/mol. The maximum Gasteiger partial charge on any atom is 0.290 e. The Morgan fingerprint density at radius 2 is 2.44 bits per heavy atom. The van der Waals surface area contributed by atoms with Crippen LogP contribution < -0.4 is 5.32 Å². The van der Waals surface area contributed by atoms with Crippen molar-refractivity contribution >= 4 is 5.91 Å². The number of nitrogens with zero attached hydrogens (tertiary/aromatic N) is 1. The number of aliphatic hydroxyl groups is 1. The summed E-state index contributed by atoms with van der Waals surface area (Å²) in [6, 6.07) is 0. The third-order valence-electron chi connectivity index (χ3n) is 1.94. The van der Waals surface area contributed by atoms with E-state index < -0.39 is 0 Å². The molecule has 1 aromatic rings. The monoisotopic (exact) mass is 228 g/mol. The van der Waals surface area contributed by atoms with Gasteiger partial charge in [-0.15, -0.1) is 0 Å². The van der Waals surface area contributed by atoms with Gasteiger partial charge in [-0.2, -0.15) is 0 Å². The molecule has 0 aliphatic carbocycles. The number of aryl methyl sites for hydroxylation is 1. The van der Waals surface area contributed by atoms with E-state index in [9.17, 15) is 4.79 Å². The van der Waals surface area contributed by atoms with Crippen LogP contribution in [0.2, 0.25) is 0 Å². The van der Waals surface area contributed by atoms with E-state index in [0.29, 0.717) is 31.7 Å². The molecule has 0 aromatic carbocycles. The van der Waals surface area contributed by atoms with Gasteiger partial charge in [-0.3, -0.25) is 4.79 Å². The molecule has 0 saturated heterocycles. The van der Waals surface area contributed by atoms with Crippen LogP contribution in [0.1, 0.15) is 22.5 Å². The minimum absolute atomic E-state index is 0.0175. The van der Waals surface area contributed by atoms with Gasteiger partial charge in [-0.05, 0) is 13.3 Å². The van der Waals surface area contributed by atoms with Crippen LogP contribution in [0, 0.1) is 6.92 Å². The highest BCUT2D eigenvalue weighted by Crippen LogP contribution is 2.04. The van der Waals surface area contributed by atoms with Crippen molar-refractivity contribution < 1.29 is 19.2 Å². The van der Waals surface area contributed by atoms with Gasteiger partial charge < -0.3 is 19.7 Å². The van der Waals surface area contributed by atoms with E-state index in [1.54, 1.807) is 6.92 Å². The standard InChI is InChI=1S/C10H16N2O4/c1-8-7-12-16-9(8)10(14)11-3-2-5-15-6-4-13/h7,13H,2-6H2,1H3,(H,11,14). The third-order valence-corrected chi connectivity index (χ3v) is 1.94. The van der Waals surface area contributed by atoms with E-state index in [-0.39, 0.29) is 18.3 Å². The first-order valence-electron chi connectivity index (χ1n) is 5.13. The third kappa shape index (κ3) is 4.00. The molecule has 0 spiro atoms. The quantitative estimate of drug-likeness (QED) is 0.647. The summed E-state index contributed by atoms with van der Waals surface area (Å²) in [4.78, 5) is 11.5. The lowest BCUT2D eigenvalue weighted by atomic mass is 10.3. The summed E-state index contributed by atoms with van der Waals surface area (Å²) in [6.45, 7) is 3.12. The molecule has 1 aromatic heterocycles. The fourth-order valence-corrected chi connectivity index (χ4v) is 1.13. The molecule has 1 rings (SSSR count). The summed E-state index contributed by atoms with van der Waals surface area (Å²) in [5.74, 6) is -0.0200. The molecule has 16 heavy (non-hydrogen) atoms. The number of amides is 1. The second-order valence-electron chi connectivity index (χ2n) is 3.28. The van der Waals surface area contributed by atoms with Crippen molar-refractivity contribution in [2.75, 3.05) is 26.4 Å². The zero-order chi connectivity index (χ0) is 11.8. The summed E-state index contributed by atoms with van der Waals surface area (Å²) < 4.78 is 9.84. The summed E-state index contributed by atoms with van der Waals surface area (Å²) >= 11 is 0. The zero-order valence-electron chi connectivity index (χ0n) is 9.23. The number of hydrogen-bond donors (Lipinski definition) is 2. The maximum atomic E-state index is 11.5. The molecule has 90 valence electrons. The largest absolute Gasteiger partial charge is 0.394 e. The summed E-state index contributed by atoms with van der Waals surface area (Å²) in [5.41, 5.74) is 0.717. The Hall–Kier alpha value is -1.40. The minimum Gasteiger partial charge on any atom is -0.394 e. The fourth-order valence-electron chi connectivity index (χ4n) is 1.13. The number of ether oxygens (including phenoxy) is 1. The van der Waals surface area contributed by atoms with E-state index in [4.69, 9.17) is 14.4 Å². The molecule has 0 saturated carbocycles. The Balaban J connectivity index is 2.14. The van der Waals surface area contributed by atoms with Crippen LogP contribution in [0.4, 0.5) is 0 Å². The van der Waals surface area contributed by atoms with E-state index >= 15 is 0 Å². The molecular formula is C10H16N2O4. The Morgan fingerprint density at radius 1 is 1.62 bits per heavy atom. The van der Waals surface area contributed by atoms with Crippen LogP contribution in [-0.2, 0) is 4.74 Å². The first kappa shape index (κ1) is 12.7. The molecule has 0 aliphatic rings. The Labute approximate surface area is 93.6 Å². The van der Waals surface area contributed by atoms with Crippen LogP contribution in [0.3, 0.4) is 0 Å². The molecule has 6 nitrogen and oxygen atoms in total. The van der Waals surface area contributed by atoms with Crippen molar-refractivity contribution in [2.24, 2.45) is 0 Å². The van der Waals surface area contributed by atoms with Crippen molar-refractivity contribution in [3.8, 4) is 0 Å². The average Bonchev–Trinajstić information content (AvgIpc) is 2.69. The summed E-state index contributed by atoms with van der Waals surface area (Å²) in [6.07, 6.45) is 2.19. The molecule has 0 unspecified atom stereocenters. The van der Waals surface area contributed by atoms with Crippen molar-refractivity contribution in [3.05, 3.63) is 17.5 Å². The molecule has 2 N–H and O–H groups in total. The highest BCUT2D eigenvalue weighted by molar-refractivity contribution is 5.92. The smallest absolute Gasteiger partial charge is 0.290 e. The molecule has 1 amide bonds. The van der Waals surface area contributed by atoms with Gasteiger partial charge in [0.1, 0.15) is 0 Å². The summed E-state index contributed by atoms with van der Waals surface area (Å²) in [7, 11) is 0. The van der Waals surface area contributed by atoms with Crippen molar-refractivity contribution in [2.45, 2.75) is 13.3 Å². The average molecular weight is 228 g/mol. The van der Waals surface area contributed by atoms with E-state index in [0.717, 1.165) is 0 Å². The lowest BCUT2D eigenvalue weighted by molar-refractivity contribution is 0.0851. The van der Waals surface area contributed by atoms with Gasteiger partial charge >= 0.3 is 0 Å². The molecule has 0 aliphatic heterocycles. The second-order valence-corrected chi connectivity index (χ2v) is 3.28. The maximum absolute atomic E-state index is 11.5. The van der Waals surface area contributed by atoms with Crippen molar-refractivity contribution in [1.82, 2.24) is 10.5 Å². The molecule has 0 atom stereocenters. The van der Waals surface area contributed by atoms with Crippen molar-refractivity contribution in [1.29, 1.82) is 0 Å². The van der Waals surface area contributed by atoms with Crippen LogP contribution in [0.25, 0.3) is 0 Å². The van der Waals surface area contributed by atoms with Crippen LogP contribution in [0.15, 0.2) is 10.7 Å². The van der Waals surface area contributed by atoms with Crippen LogP contribution in [0.5, 0.6) is 0 Å².